The number of nitrogens with one attached hydrogen (secondary N) is 1. The summed E-state index contributed by atoms with van der Waals surface area (Å²) in [7, 11) is 0. The highest BCUT2D eigenvalue weighted by Crippen LogP contribution is 2.49. The Balaban J connectivity index is 1.49. The Labute approximate surface area is 194 Å². The second-order valence-electron chi connectivity index (χ2n) is 9.84. The molecule has 4 heterocycles. The summed E-state index contributed by atoms with van der Waals surface area (Å²) < 4.78 is 11.6. The molecule has 1 N–H and O–H groups in total. The number of benzene rings is 1. The van der Waals surface area contributed by atoms with E-state index in [9.17, 15) is 10.1 Å². The third-order valence-corrected chi connectivity index (χ3v) is 6.46. The molecule has 2 aromatic rings. The average molecular weight is 448 g/mol. The highest BCUT2D eigenvalue weighted by molar-refractivity contribution is 5.76. The van der Waals surface area contributed by atoms with Gasteiger partial charge in [-0.2, -0.15) is 5.26 Å². The van der Waals surface area contributed by atoms with Crippen molar-refractivity contribution in [1.29, 1.82) is 5.26 Å². The summed E-state index contributed by atoms with van der Waals surface area (Å²) in [5, 5.41) is 12.8. The van der Waals surface area contributed by atoms with Crippen LogP contribution in [0, 0.1) is 11.3 Å². The fourth-order valence-electron chi connectivity index (χ4n) is 5.18. The Morgan fingerprint density at radius 2 is 2.18 bits per heavy atom. The molecule has 0 spiro atoms. The number of ether oxygens (including phenoxy) is 2. The maximum Gasteiger partial charge on any atom is 0.410 e. The molecule has 2 atom stereocenters. The van der Waals surface area contributed by atoms with Crippen LogP contribution in [0.3, 0.4) is 0 Å². The number of carbonyl (C=O) groups is 1. The van der Waals surface area contributed by atoms with Crippen molar-refractivity contribution in [3.8, 4) is 6.07 Å². The maximum absolute atomic E-state index is 12.8. The van der Waals surface area contributed by atoms with Crippen LogP contribution in [0.15, 0.2) is 30.5 Å². The Bertz CT molecular complexity index is 1120. The number of amides is 1. The second-order valence-corrected chi connectivity index (χ2v) is 9.84. The molecule has 8 heteroatoms. The zero-order valence-corrected chi connectivity index (χ0v) is 19.3. The zero-order chi connectivity index (χ0) is 23.2. The lowest BCUT2D eigenvalue weighted by molar-refractivity contribution is 0.0188. The van der Waals surface area contributed by atoms with Crippen molar-refractivity contribution in [1.82, 2.24) is 9.88 Å². The number of nitriles is 1. The summed E-state index contributed by atoms with van der Waals surface area (Å²) in [6.07, 6.45) is 2.26. The van der Waals surface area contributed by atoms with E-state index < -0.39 is 5.60 Å². The van der Waals surface area contributed by atoms with Crippen molar-refractivity contribution >= 4 is 23.2 Å². The van der Waals surface area contributed by atoms with Crippen LogP contribution in [0.4, 0.5) is 21.9 Å². The van der Waals surface area contributed by atoms with Crippen molar-refractivity contribution in [2.45, 2.75) is 51.4 Å². The van der Waals surface area contributed by atoms with Gasteiger partial charge in [-0.1, -0.05) is 0 Å². The molecular weight excluding hydrogens is 418 g/mol. The fourth-order valence-corrected chi connectivity index (χ4v) is 5.18. The number of anilines is 3. The number of likely N-dealkylation sites (tertiary alicyclic amines) is 1. The van der Waals surface area contributed by atoms with Crippen LogP contribution in [0.5, 0.6) is 0 Å². The number of pyridine rings is 1. The van der Waals surface area contributed by atoms with Gasteiger partial charge >= 0.3 is 6.09 Å². The van der Waals surface area contributed by atoms with Crippen LogP contribution in [0.1, 0.15) is 49.9 Å². The zero-order valence-electron chi connectivity index (χ0n) is 19.3. The molecule has 3 aliphatic heterocycles. The molecule has 3 aliphatic rings. The molecule has 0 unspecified atom stereocenters. The van der Waals surface area contributed by atoms with E-state index in [0.717, 1.165) is 24.2 Å². The molecule has 5 rings (SSSR count). The van der Waals surface area contributed by atoms with Crippen LogP contribution in [-0.4, -0.2) is 53.9 Å². The molecule has 0 aliphatic carbocycles. The molecule has 172 valence electrons. The van der Waals surface area contributed by atoms with Gasteiger partial charge in [0.15, 0.2) is 5.69 Å². The number of carbonyl (C=O) groups excluding carboxylic acids is 1. The normalized spacial score (nSPS) is 21.5. The molecule has 1 fully saturated rings. The molecule has 33 heavy (non-hydrogen) atoms. The number of fused-ring (bicyclic) bond motifs is 3. The third kappa shape index (κ3) is 4.09. The summed E-state index contributed by atoms with van der Waals surface area (Å²) in [5.41, 5.74) is 5.01. The molecule has 0 radical (unpaired) electrons. The Kier molecular flexibility index (Phi) is 5.37. The van der Waals surface area contributed by atoms with E-state index in [-0.39, 0.29) is 12.0 Å². The van der Waals surface area contributed by atoms with Gasteiger partial charge in [-0.25, -0.2) is 9.78 Å². The lowest BCUT2D eigenvalue weighted by atomic mass is 9.88. The molecule has 1 aromatic heterocycles. The predicted octanol–water partition coefficient (Wildman–Crippen LogP) is 4.14. The van der Waals surface area contributed by atoms with Crippen LogP contribution in [0.25, 0.3) is 0 Å². The van der Waals surface area contributed by atoms with Crippen molar-refractivity contribution in [3.05, 3.63) is 47.3 Å². The monoisotopic (exact) mass is 447 g/mol. The Morgan fingerprint density at radius 1 is 1.33 bits per heavy atom. The Morgan fingerprint density at radius 3 is 2.97 bits per heavy atom. The van der Waals surface area contributed by atoms with E-state index in [2.05, 4.69) is 33.4 Å². The highest BCUT2D eigenvalue weighted by atomic mass is 16.6. The number of rotatable bonds is 2. The van der Waals surface area contributed by atoms with Gasteiger partial charge in [-0.05, 0) is 57.0 Å². The number of piperidine rings is 1. The average Bonchev–Trinajstić information content (AvgIpc) is 2.93. The van der Waals surface area contributed by atoms with Gasteiger partial charge < -0.3 is 24.6 Å². The van der Waals surface area contributed by atoms with Gasteiger partial charge in [0, 0.05) is 54.7 Å². The first kappa shape index (κ1) is 21.5. The van der Waals surface area contributed by atoms with E-state index in [4.69, 9.17) is 9.47 Å². The molecule has 1 saturated heterocycles. The smallest absolute Gasteiger partial charge is 0.410 e. The first-order chi connectivity index (χ1) is 15.8. The van der Waals surface area contributed by atoms with Crippen LogP contribution in [0.2, 0.25) is 0 Å². The molecule has 0 saturated carbocycles. The summed E-state index contributed by atoms with van der Waals surface area (Å²) in [6, 6.07) is 10.4. The Hall–Kier alpha value is -3.31. The van der Waals surface area contributed by atoms with Crippen molar-refractivity contribution in [3.63, 3.8) is 0 Å². The van der Waals surface area contributed by atoms with Gasteiger partial charge in [0.2, 0.25) is 0 Å². The van der Waals surface area contributed by atoms with E-state index in [1.165, 1.54) is 11.3 Å². The molecular formula is C25H29N5O3. The largest absolute Gasteiger partial charge is 0.444 e. The first-order valence-electron chi connectivity index (χ1n) is 11.5. The lowest BCUT2D eigenvalue weighted by Crippen LogP contribution is -2.49. The van der Waals surface area contributed by atoms with E-state index in [1.807, 2.05) is 37.8 Å². The molecule has 1 aromatic carbocycles. The van der Waals surface area contributed by atoms with Crippen LogP contribution >= 0.6 is 0 Å². The highest BCUT2D eigenvalue weighted by Gasteiger charge is 2.45. The van der Waals surface area contributed by atoms with Crippen molar-refractivity contribution in [2.24, 2.45) is 0 Å². The minimum absolute atomic E-state index is 0.198. The summed E-state index contributed by atoms with van der Waals surface area (Å²) in [5.74, 6) is 0.198. The van der Waals surface area contributed by atoms with Crippen LogP contribution < -0.4 is 10.2 Å². The number of nitrogens with zero attached hydrogens (tertiary/aromatic N) is 4. The van der Waals surface area contributed by atoms with Gasteiger partial charge in [0.05, 0.1) is 18.9 Å². The lowest BCUT2D eigenvalue weighted by Gasteiger charge is -2.39. The van der Waals surface area contributed by atoms with E-state index >= 15 is 0 Å². The van der Waals surface area contributed by atoms with Crippen LogP contribution in [-0.2, 0) is 16.1 Å². The van der Waals surface area contributed by atoms with Gasteiger partial charge in [0.1, 0.15) is 11.7 Å². The standard InChI is InChI=1S/C25H29N5O3/c1-25(2,3)33-24(31)29-8-6-22-19(14-29)18-12-17(28-20-5-4-7-27-21(20)13-26)11-16-15-32-10-9-30(22)23(16)18/h4-5,7,11-12,19,22,28H,6,8-10,14-15H2,1-3H3/t19-,22-/m0/s1. The molecule has 8 nitrogen and oxygen atoms in total. The number of aromatic nitrogens is 1. The van der Waals surface area contributed by atoms with Crippen molar-refractivity contribution < 1.29 is 14.3 Å². The van der Waals surface area contributed by atoms with Gasteiger partial charge in [0.25, 0.3) is 0 Å². The minimum Gasteiger partial charge on any atom is -0.444 e. The summed E-state index contributed by atoms with van der Waals surface area (Å²) >= 11 is 0. The first-order valence-corrected chi connectivity index (χ1v) is 11.5. The quantitative estimate of drug-likeness (QED) is 0.740. The molecule has 1 amide bonds. The number of hydrogen-bond acceptors (Lipinski definition) is 7. The van der Waals surface area contributed by atoms with Gasteiger partial charge in [-0.15, -0.1) is 0 Å². The second kappa shape index (κ2) is 8.23. The summed E-state index contributed by atoms with van der Waals surface area (Å²) in [4.78, 5) is 21.3. The number of hydrogen-bond donors (Lipinski definition) is 1. The third-order valence-electron chi connectivity index (χ3n) is 6.46. The predicted molar refractivity (Wildman–Crippen MR) is 125 cm³/mol. The SMILES string of the molecule is CC(C)(C)OC(=O)N1CC[C@H]2[C@@H](C1)c1cc(Nc3cccnc3C#N)cc3c1N2CCOC3. The fraction of sp³-hybridized carbons (Fsp3) is 0.480. The van der Waals surface area contributed by atoms with E-state index in [0.29, 0.717) is 43.7 Å². The summed E-state index contributed by atoms with van der Waals surface area (Å²) in [6.45, 7) is 9.07. The van der Waals surface area contributed by atoms with E-state index in [1.54, 1.807) is 6.20 Å². The van der Waals surface area contributed by atoms with Crippen molar-refractivity contribution in [2.75, 3.05) is 36.5 Å². The topological polar surface area (TPSA) is 90.7 Å². The molecule has 0 bridgehead atoms. The maximum atomic E-state index is 12.8. The van der Waals surface area contributed by atoms with Gasteiger partial charge in [-0.3, -0.25) is 0 Å². The minimum atomic E-state index is -0.516.